The van der Waals surface area contributed by atoms with Gasteiger partial charge >= 0.3 is 6.03 Å². The summed E-state index contributed by atoms with van der Waals surface area (Å²) in [6, 6.07) is 12.9. The summed E-state index contributed by atoms with van der Waals surface area (Å²) in [7, 11) is 5.12. The third kappa shape index (κ3) is 4.99. The molecule has 1 N–H and O–H groups in total. The first-order chi connectivity index (χ1) is 16.4. The molecule has 1 aliphatic heterocycles. The average Bonchev–Trinajstić information content (AvgIpc) is 3.20. The van der Waals surface area contributed by atoms with E-state index in [1.54, 1.807) is 26.1 Å². The molecule has 1 fully saturated rings. The molecule has 0 aliphatic carbocycles. The van der Waals surface area contributed by atoms with Crippen molar-refractivity contribution in [3.05, 3.63) is 53.9 Å². The number of imidazole rings is 1. The monoisotopic (exact) mass is 464 g/mol. The van der Waals surface area contributed by atoms with E-state index in [9.17, 15) is 9.59 Å². The van der Waals surface area contributed by atoms with Gasteiger partial charge in [0.15, 0.2) is 0 Å². The summed E-state index contributed by atoms with van der Waals surface area (Å²) in [4.78, 5) is 35.6. The number of piperazine rings is 1. The smallest absolute Gasteiger partial charge is 0.321 e. The maximum Gasteiger partial charge on any atom is 0.321 e. The minimum atomic E-state index is -0.0938. The van der Waals surface area contributed by atoms with Gasteiger partial charge in [0, 0.05) is 58.1 Å². The molecular formula is C25H32N6O3. The molecule has 3 amide bonds. The van der Waals surface area contributed by atoms with E-state index in [0.29, 0.717) is 25.2 Å². The van der Waals surface area contributed by atoms with Crippen molar-refractivity contribution in [2.24, 2.45) is 0 Å². The molecule has 2 heterocycles. The number of anilines is 1. The summed E-state index contributed by atoms with van der Waals surface area (Å²) in [5, 5.41) is 2.95. The number of aromatic nitrogens is 2. The van der Waals surface area contributed by atoms with E-state index >= 15 is 0 Å². The van der Waals surface area contributed by atoms with E-state index in [-0.39, 0.29) is 11.9 Å². The lowest BCUT2D eigenvalue weighted by molar-refractivity contribution is 0.0827. The molecule has 1 saturated heterocycles. The van der Waals surface area contributed by atoms with Crippen LogP contribution in [0.4, 0.5) is 10.5 Å². The maximum absolute atomic E-state index is 12.7. The van der Waals surface area contributed by atoms with Crippen LogP contribution in [0.15, 0.2) is 42.5 Å². The lowest BCUT2D eigenvalue weighted by Gasteiger charge is -2.34. The molecular weight excluding hydrogens is 432 g/mol. The van der Waals surface area contributed by atoms with Crippen molar-refractivity contribution < 1.29 is 14.3 Å². The Kier molecular flexibility index (Phi) is 7.02. The summed E-state index contributed by atoms with van der Waals surface area (Å²) in [5.41, 5.74) is 3.26. The van der Waals surface area contributed by atoms with E-state index in [1.165, 1.54) is 0 Å². The van der Waals surface area contributed by atoms with Crippen LogP contribution in [-0.2, 0) is 13.1 Å². The van der Waals surface area contributed by atoms with Gasteiger partial charge in [-0.15, -0.1) is 0 Å². The molecule has 0 spiro atoms. The second kappa shape index (κ2) is 10.1. The number of amides is 3. The fraction of sp³-hybridized carbons (Fsp3) is 0.400. The quantitative estimate of drug-likeness (QED) is 0.606. The number of nitrogens with one attached hydrogen (secondary N) is 1. The highest BCUT2D eigenvalue weighted by atomic mass is 16.5. The van der Waals surface area contributed by atoms with Crippen LogP contribution in [0.2, 0.25) is 0 Å². The highest BCUT2D eigenvalue weighted by Crippen LogP contribution is 2.21. The van der Waals surface area contributed by atoms with Crippen LogP contribution < -0.4 is 10.1 Å². The molecule has 9 nitrogen and oxygen atoms in total. The van der Waals surface area contributed by atoms with E-state index in [4.69, 9.17) is 9.72 Å². The Morgan fingerprint density at radius 3 is 2.38 bits per heavy atom. The van der Waals surface area contributed by atoms with E-state index in [1.807, 2.05) is 47.4 Å². The van der Waals surface area contributed by atoms with Gasteiger partial charge in [-0.05, 0) is 49.4 Å². The van der Waals surface area contributed by atoms with E-state index < -0.39 is 0 Å². The Morgan fingerprint density at radius 2 is 1.76 bits per heavy atom. The van der Waals surface area contributed by atoms with Crippen molar-refractivity contribution in [2.75, 3.05) is 52.7 Å². The zero-order valence-corrected chi connectivity index (χ0v) is 20.2. The maximum atomic E-state index is 12.7. The normalized spacial score (nSPS) is 14.3. The number of carbonyl (C=O) groups excluding carboxylic acids is 2. The van der Waals surface area contributed by atoms with Gasteiger partial charge in [-0.25, -0.2) is 9.78 Å². The highest BCUT2D eigenvalue weighted by Gasteiger charge is 2.23. The summed E-state index contributed by atoms with van der Waals surface area (Å²) < 4.78 is 7.36. The fourth-order valence-corrected chi connectivity index (χ4v) is 4.23. The Balaban J connectivity index is 1.38. The molecule has 0 saturated carbocycles. The summed E-state index contributed by atoms with van der Waals surface area (Å²) >= 11 is 0. The molecule has 0 radical (unpaired) electrons. The summed E-state index contributed by atoms with van der Waals surface area (Å²) in [6.07, 6.45) is 0. The lowest BCUT2D eigenvalue weighted by Crippen LogP contribution is -2.49. The lowest BCUT2D eigenvalue weighted by atomic mass is 10.2. The molecule has 0 atom stereocenters. The predicted molar refractivity (Wildman–Crippen MR) is 132 cm³/mol. The number of carbonyl (C=O) groups is 2. The van der Waals surface area contributed by atoms with Gasteiger partial charge in [0.2, 0.25) is 0 Å². The van der Waals surface area contributed by atoms with Crippen LogP contribution in [0.1, 0.15) is 23.1 Å². The van der Waals surface area contributed by atoms with Crippen LogP contribution in [0.25, 0.3) is 11.0 Å². The van der Waals surface area contributed by atoms with E-state index in [0.717, 1.165) is 47.9 Å². The van der Waals surface area contributed by atoms with Gasteiger partial charge < -0.3 is 24.4 Å². The minimum Gasteiger partial charge on any atom is -0.497 e. The molecule has 2 aromatic carbocycles. The molecule has 1 aliphatic rings. The van der Waals surface area contributed by atoms with Gasteiger partial charge in [-0.1, -0.05) is 0 Å². The Bertz CT molecular complexity index is 1160. The first-order valence-corrected chi connectivity index (χ1v) is 11.5. The first-order valence-electron chi connectivity index (χ1n) is 11.5. The molecule has 1 aromatic heterocycles. The Hall–Kier alpha value is -3.59. The number of benzene rings is 2. The Morgan fingerprint density at radius 1 is 1.06 bits per heavy atom. The molecule has 9 heteroatoms. The van der Waals surface area contributed by atoms with Crippen molar-refractivity contribution >= 4 is 28.7 Å². The number of hydrogen-bond donors (Lipinski definition) is 1. The summed E-state index contributed by atoms with van der Waals surface area (Å²) in [6.45, 7) is 6.45. The van der Waals surface area contributed by atoms with Gasteiger partial charge in [-0.3, -0.25) is 9.69 Å². The van der Waals surface area contributed by atoms with Gasteiger partial charge in [0.05, 0.1) is 24.7 Å². The third-order valence-corrected chi connectivity index (χ3v) is 6.16. The topological polar surface area (TPSA) is 82.9 Å². The third-order valence-electron chi connectivity index (χ3n) is 6.16. The second-order valence-corrected chi connectivity index (χ2v) is 8.60. The van der Waals surface area contributed by atoms with Crippen LogP contribution in [0, 0.1) is 0 Å². The minimum absolute atomic E-state index is 0.0291. The van der Waals surface area contributed by atoms with Gasteiger partial charge in [-0.2, -0.15) is 0 Å². The summed E-state index contributed by atoms with van der Waals surface area (Å²) in [5.74, 6) is 1.70. The SMILES string of the molecule is CCn1c(CN2CCN(C(=O)Nc3ccc(OC)cc3)CC2)nc2cc(C(=O)N(C)C)ccc21. The van der Waals surface area contributed by atoms with Crippen molar-refractivity contribution in [2.45, 2.75) is 20.0 Å². The van der Waals surface area contributed by atoms with Crippen LogP contribution in [-0.4, -0.2) is 83.6 Å². The van der Waals surface area contributed by atoms with Crippen LogP contribution in [0.3, 0.4) is 0 Å². The number of nitrogens with zero attached hydrogens (tertiary/aromatic N) is 5. The second-order valence-electron chi connectivity index (χ2n) is 8.60. The number of methoxy groups -OCH3 is 1. The molecule has 0 bridgehead atoms. The standard InChI is InChI=1S/C25H32N6O3/c1-5-31-22-11-6-18(24(32)28(2)3)16-21(22)27-23(31)17-29-12-14-30(15-13-29)25(33)26-19-7-9-20(34-4)10-8-19/h6-11,16H,5,12-15,17H2,1-4H3,(H,26,33). The largest absolute Gasteiger partial charge is 0.497 e. The molecule has 4 rings (SSSR count). The number of hydrogen-bond acceptors (Lipinski definition) is 5. The number of fused-ring (bicyclic) bond motifs is 1. The predicted octanol–water partition coefficient (Wildman–Crippen LogP) is 3.12. The average molecular weight is 465 g/mol. The van der Waals surface area contributed by atoms with Crippen molar-refractivity contribution in [3.8, 4) is 5.75 Å². The van der Waals surface area contributed by atoms with E-state index in [2.05, 4.69) is 21.7 Å². The van der Waals surface area contributed by atoms with Crippen molar-refractivity contribution in [1.29, 1.82) is 0 Å². The van der Waals surface area contributed by atoms with Crippen LogP contribution >= 0.6 is 0 Å². The zero-order valence-electron chi connectivity index (χ0n) is 20.2. The zero-order chi connectivity index (χ0) is 24.2. The molecule has 180 valence electrons. The molecule has 0 unspecified atom stereocenters. The number of rotatable bonds is 6. The number of ether oxygens (including phenoxy) is 1. The number of urea groups is 1. The molecule has 34 heavy (non-hydrogen) atoms. The van der Waals surface area contributed by atoms with Gasteiger partial charge in [0.25, 0.3) is 5.91 Å². The fourth-order valence-electron chi connectivity index (χ4n) is 4.23. The first kappa shape index (κ1) is 23.6. The van der Waals surface area contributed by atoms with Crippen LogP contribution in [0.5, 0.6) is 5.75 Å². The van der Waals surface area contributed by atoms with Crippen molar-refractivity contribution in [1.82, 2.24) is 24.3 Å². The highest BCUT2D eigenvalue weighted by molar-refractivity contribution is 5.97. The Labute approximate surface area is 199 Å². The van der Waals surface area contributed by atoms with Gasteiger partial charge in [0.1, 0.15) is 11.6 Å². The molecule has 3 aromatic rings. The number of aryl methyl sites for hydroxylation is 1. The van der Waals surface area contributed by atoms with Crippen molar-refractivity contribution in [3.63, 3.8) is 0 Å².